The Bertz CT molecular complexity index is 355. The van der Waals surface area contributed by atoms with Gasteiger partial charge in [0.15, 0.2) is 5.78 Å². The number of rotatable bonds is 4. The Hall–Kier alpha value is -0.860. The van der Waals surface area contributed by atoms with Gasteiger partial charge in [-0.05, 0) is 57.8 Å². The molecule has 0 saturated heterocycles. The first-order valence-corrected chi connectivity index (χ1v) is 7.82. The lowest BCUT2D eigenvalue weighted by molar-refractivity contribution is -0.159. The second-order valence-electron chi connectivity index (χ2n) is 7.62. The summed E-state index contributed by atoms with van der Waals surface area (Å²) in [5.41, 5.74) is -0.695. The molecule has 0 bridgehead atoms. The van der Waals surface area contributed by atoms with E-state index in [4.69, 9.17) is 4.74 Å². The SMILES string of the molecule is CCOC(=O)C(C)(C)C(=O)C1CCC(C(C)(C)C)CC1. The van der Waals surface area contributed by atoms with E-state index < -0.39 is 5.41 Å². The molecule has 1 saturated carbocycles. The third-order valence-electron chi connectivity index (χ3n) is 4.72. The van der Waals surface area contributed by atoms with Crippen molar-refractivity contribution in [3.8, 4) is 0 Å². The molecule has 20 heavy (non-hydrogen) atoms. The molecule has 0 aromatic heterocycles. The maximum absolute atomic E-state index is 12.6. The van der Waals surface area contributed by atoms with E-state index in [1.807, 2.05) is 0 Å². The smallest absolute Gasteiger partial charge is 0.319 e. The van der Waals surface area contributed by atoms with Gasteiger partial charge in [0.25, 0.3) is 0 Å². The van der Waals surface area contributed by atoms with Crippen LogP contribution in [-0.2, 0) is 14.3 Å². The number of carbonyl (C=O) groups excluding carboxylic acids is 2. The molecule has 0 heterocycles. The normalized spacial score (nSPS) is 24.3. The number of esters is 1. The van der Waals surface area contributed by atoms with E-state index >= 15 is 0 Å². The van der Waals surface area contributed by atoms with Gasteiger partial charge in [0.2, 0.25) is 0 Å². The van der Waals surface area contributed by atoms with Gasteiger partial charge >= 0.3 is 5.97 Å². The van der Waals surface area contributed by atoms with Crippen molar-refractivity contribution in [2.45, 2.75) is 67.2 Å². The van der Waals surface area contributed by atoms with Gasteiger partial charge in [0, 0.05) is 5.92 Å². The first-order chi connectivity index (χ1) is 9.10. The van der Waals surface area contributed by atoms with Crippen molar-refractivity contribution in [3.63, 3.8) is 0 Å². The van der Waals surface area contributed by atoms with E-state index in [1.165, 1.54) is 0 Å². The predicted molar refractivity (Wildman–Crippen MR) is 80.3 cm³/mol. The van der Waals surface area contributed by atoms with Gasteiger partial charge in [0.05, 0.1) is 6.61 Å². The number of ether oxygens (including phenoxy) is 1. The highest BCUT2D eigenvalue weighted by molar-refractivity contribution is 6.04. The van der Waals surface area contributed by atoms with Crippen LogP contribution in [0.2, 0.25) is 0 Å². The third kappa shape index (κ3) is 3.83. The van der Waals surface area contributed by atoms with Crippen LogP contribution in [-0.4, -0.2) is 18.4 Å². The molecule has 0 aliphatic heterocycles. The van der Waals surface area contributed by atoms with Crippen LogP contribution in [0.25, 0.3) is 0 Å². The lowest BCUT2D eigenvalue weighted by Crippen LogP contribution is -2.41. The van der Waals surface area contributed by atoms with E-state index in [1.54, 1.807) is 20.8 Å². The van der Waals surface area contributed by atoms with Crippen LogP contribution in [0.1, 0.15) is 67.2 Å². The standard InChI is InChI=1S/C17H30O3/c1-7-20-15(19)17(5,6)14(18)12-8-10-13(11-9-12)16(2,3)4/h12-13H,7-11H2,1-6H3. The molecule has 3 nitrogen and oxygen atoms in total. The fourth-order valence-electron chi connectivity index (χ4n) is 3.14. The van der Waals surface area contributed by atoms with Crippen LogP contribution in [0.4, 0.5) is 0 Å². The summed E-state index contributed by atoms with van der Waals surface area (Å²) < 4.78 is 5.03. The Kier molecular flexibility index (Phi) is 5.39. The summed E-state index contributed by atoms with van der Waals surface area (Å²) in [7, 11) is 0. The molecule has 0 N–H and O–H groups in total. The van der Waals surface area contributed by atoms with Gasteiger partial charge < -0.3 is 4.74 Å². The summed E-state index contributed by atoms with van der Waals surface area (Å²) in [6.07, 6.45) is 3.98. The Morgan fingerprint density at radius 1 is 1.00 bits per heavy atom. The quantitative estimate of drug-likeness (QED) is 0.578. The van der Waals surface area contributed by atoms with Crippen LogP contribution in [0.15, 0.2) is 0 Å². The molecule has 0 unspecified atom stereocenters. The maximum atomic E-state index is 12.6. The zero-order valence-electron chi connectivity index (χ0n) is 13.9. The van der Waals surface area contributed by atoms with Crippen molar-refractivity contribution in [1.29, 1.82) is 0 Å². The van der Waals surface area contributed by atoms with E-state index in [2.05, 4.69) is 20.8 Å². The summed E-state index contributed by atoms with van der Waals surface area (Å²) in [6, 6.07) is 0. The molecule has 0 atom stereocenters. The summed E-state index contributed by atoms with van der Waals surface area (Å²) in [4.78, 5) is 24.5. The molecule has 0 aromatic rings. The van der Waals surface area contributed by atoms with Gasteiger partial charge in [-0.15, -0.1) is 0 Å². The first-order valence-electron chi connectivity index (χ1n) is 7.82. The van der Waals surface area contributed by atoms with E-state index in [0.29, 0.717) is 17.9 Å². The maximum Gasteiger partial charge on any atom is 0.319 e. The molecule has 116 valence electrons. The predicted octanol–water partition coefficient (Wildman–Crippen LogP) is 4.00. The molecule has 1 rings (SSSR count). The van der Waals surface area contributed by atoms with Crippen LogP contribution < -0.4 is 0 Å². The molecule has 1 aliphatic rings. The molecule has 0 radical (unpaired) electrons. The fraction of sp³-hybridized carbons (Fsp3) is 0.882. The van der Waals surface area contributed by atoms with Gasteiger partial charge in [-0.25, -0.2) is 0 Å². The largest absolute Gasteiger partial charge is 0.465 e. The van der Waals surface area contributed by atoms with Gasteiger partial charge in [-0.1, -0.05) is 20.8 Å². The number of carbonyl (C=O) groups is 2. The topological polar surface area (TPSA) is 43.4 Å². The Morgan fingerprint density at radius 2 is 1.50 bits per heavy atom. The van der Waals surface area contributed by atoms with Crippen molar-refractivity contribution < 1.29 is 14.3 Å². The highest BCUT2D eigenvalue weighted by atomic mass is 16.5. The van der Waals surface area contributed by atoms with Crippen molar-refractivity contribution >= 4 is 11.8 Å². The summed E-state index contributed by atoms with van der Waals surface area (Å²) in [5, 5.41) is 0. The van der Waals surface area contributed by atoms with Gasteiger partial charge in [0.1, 0.15) is 5.41 Å². The highest BCUT2D eigenvalue weighted by Crippen LogP contribution is 2.41. The Morgan fingerprint density at radius 3 is 1.90 bits per heavy atom. The van der Waals surface area contributed by atoms with Crippen LogP contribution in [0.3, 0.4) is 0 Å². The number of Topliss-reactive ketones (excluding diaryl/α,β-unsaturated/α-hetero) is 1. The van der Waals surface area contributed by atoms with Crippen molar-refractivity contribution in [2.75, 3.05) is 6.61 Å². The summed E-state index contributed by atoms with van der Waals surface area (Å²) >= 11 is 0. The molecular weight excluding hydrogens is 252 g/mol. The first kappa shape index (κ1) is 17.2. The highest BCUT2D eigenvalue weighted by Gasteiger charge is 2.43. The summed E-state index contributed by atoms with van der Waals surface area (Å²) in [5.74, 6) is 0.372. The lowest BCUT2D eigenvalue weighted by atomic mass is 9.67. The third-order valence-corrected chi connectivity index (χ3v) is 4.72. The zero-order chi connectivity index (χ0) is 15.6. The molecule has 1 aliphatic carbocycles. The minimum atomic E-state index is -1.00. The minimum Gasteiger partial charge on any atom is -0.465 e. The number of hydrogen-bond acceptors (Lipinski definition) is 3. The second-order valence-corrected chi connectivity index (χ2v) is 7.62. The zero-order valence-corrected chi connectivity index (χ0v) is 13.9. The molecular formula is C17H30O3. The van der Waals surface area contributed by atoms with Crippen LogP contribution >= 0.6 is 0 Å². The number of ketones is 1. The molecule has 0 amide bonds. The van der Waals surface area contributed by atoms with E-state index in [9.17, 15) is 9.59 Å². The Labute approximate surface area is 123 Å². The van der Waals surface area contributed by atoms with Gasteiger partial charge in [-0.2, -0.15) is 0 Å². The minimum absolute atomic E-state index is 0.0213. The van der Waals surface area contributed by atoms with Gasteiger partial charge in [-0.3, -0.25) is 9.59 Å². The molecule has 0 spiro atoms. The van der Waals surface area contributed by atoms with E-state index in [-0.39, 0.29) is 17.7 Å². The van der Waals surface area contributed by atoms with Crippen molar-refractivity contribution in [1.82, 2.24) is 0 Å². The van der Waals surface area contributed by atoms with E-state index in [0.717, 1.165) is 25.7 Å². The lowest BCUT2D eigenvalue weighted by Gasteiger charge is -2.38. The monoisotopic (exact) mass is 282 g/mol. The summed E-state index contributed by atoms with van der Waals surface area (Å²) in [6.45, 7) is 12.3. The Balaban J connectivity index is 2.65. The second kappa shape index (κ2) is 6.28. The molecule has 1 fully saturated rings. The average Bonchev–Trinajstić information content (AvgIpc) is 2.37. The van der Waals surface area contributed by atoms with Crippen LogP contribution in [0, 0.1) is 22.7 Å². The molecule has 3 heteroatoms. The average molecular weight is 282 g/mol. The number of hydrogen-bond donors (Lipinski definition) is 0. The fourth-order valence-corrected chi connectivity index (χ4v) is 3.14. The van der Waals surface area contributed by atoms with Crippen molar-refractivity contribution in [2.24, 2.45) is 22.7 Å². The van der Waals surface area contributed by atoms with Crippen molar-refractivity contribution in [3.05, 3.63) is 0 Å². The molecule has 0 aromatic carbocycles. The van der Waals surface area contributed by atoms with Crippen LogP contribution in [0.5, 0.6) is 0 Å².